The number of fused-ring (bicyclic) bond motifs is 12. The minimum absolute atomic E-state index is 0.110. The third-order valence-corrected chi connectivity index (χ3v) is 12.0. The smallest absolute Gasteiger partial charge is 0.136 e. The molecule has 3 heterocycles. The first-order valence-electron chi connectivity index (χ1n) is 18.7. The average Bonchev–Trinajstić information content (AvgIpc) is 3.94. The number of aromatic nitrogens is 1. The van der Waals surface area contributed by atoms with Crippen molar-refractivity contribution >= 4 is 65.7 Å². The summed E-state index contributed by atoms with van der Waals surface area (Å²) >= 11 is 0. The van der Waals surface area contributed by atoms with Gasteiger partial charge in [-0.15, -0.1) is 0 Å². The number of nitrogens with zero attached hydrogens (tertiary/aromatic N) is 1. The first-order valence-corrected chi connectivity index (χ1v) is 18.7. The zero-order chi connectivity index (χ0) is 35.7. The molecule has 0 bridgehead atoms. The van der Waals surface area contributed by atoms with Crippen LogP contribution in [0.4, 0.5) is 0 Å². The minimum atomic E-state index is -0.110. The van der Waals surface area contributed by atoms with Gasteiger partial charge in [0.25, 0.3) is 0 Å². The van der Waals surface area contributed by atoms with Crippen LogP contribution in [0.2, 0.25) is 0 Å². The summed E-state index contributed by atoms with van der Waals surface area (Å²) in [7, 11) is 0. The van der Waals surface area contributed by atoms with E-state index in [9.17, 15) is 0 Å². The highest BCUT2D eigenvalue weighted by molar-refractivity contribution is 6.22. The van der Waals surface area contributed by atoms with Crippen LogP contribution in [0.1, 0.15) is 25.0 Å². The molecule has 0 unspecified atom stereocenters. The van der Waals surface area contributed by atoms with Crippen molar-refractivity contribution in [1.82, 2.24) is 4.57 Å². The Morgan fingerprint density at radius 3 is 1.50 bits per heavy atom. The van der Waals surface area contributed by atoms with Crippen molar-refractivity contribution in [3.63, 3.8) is 0 Å². The number of benzene rings is 8. The second kappa shape index (κ2) is 10.6. The average molecular weight is 692 g/mol. The van der Waals surface area contributed by atoms with Gasteiger partial charge in [0.15, 0.2) is 0 Å². The fourth-order valence-corrected chi connectivity index (χ4v) is 9.56. The predicted molar refractivity (Wildman–Crippen MR) is 224 cm³/mol. The van der Waals surface area contributed by atoms with E-state index in [2.05, 4.69) is 158 Å². The molecular weight excluding hydrogens is 659 g/mol. The summed E-state index contributed by atoms with van der Waals surface area (Å²) in [5, 5.41) is 6.96. The lowest BCUT2D eigenvalue weighted by Gasteiger charge is -2.22. The fourth-order valence-electron chi connectivity index (χ4n) is 9.56. The molecule has 0 amide bonds. The first kappa shape index (κ1) is 29.7. The van der Waals surface area contributed by atoms with Gasteiger partial charge in [-0.1, -0.05) is 123 Å². The van der Waals surface area contributed by atoms with Crippen molar-refractivity contribution in [2.24, 2.45) is 0 Å². The Balaban J connectivity index is 1.20. The molecule has 1 aliphatic rings. The molecule has 0 atom stereocenters. The molecule has 0 N–H and O–H groups in total. The van der Waals surface area contributed by atoms with Crippen LogP contribution < -0.4 is 0 Å². The number of hydrogen-bond acceptors (Lipinski definition) is 2. The molecule has 0 fully saturated rings. The summed E-state index contributed by atoms with van der Waals surface area (Å²) in [5.41, 5.74) is 16.9. The Labute approximate surface area is 311 Å². The number of furan rings is 2. The maximum absolute atomic E-state index is 6.44. The summed E-state index contributed by atoms with van der Waals surface area (Å²) in [6.07, 6.45) is 0. The number of hydrogen-bond donors (Lipinski definition) is 0. The highest BCUT2D eigenvalue weighted by Crippen LogP contribution is 2.53. The van der Waals surface area contributed by atoms with Gasteiger partial charge in [-0.3, -0.25) is 0 Å². The van der Waals surface area contributed by atoms with Crippen molar-refractivity contribution in [1.29, 1.82) is 0 Å². The van der Waals surface area contributed by atoms with Gasteiger partial charge in [0.1, 0.15) is 22.3 Å². The standard InChI is InChI=1S/C51H33NO2/c1-51(2)39-17-6-3-14-38(39)48-40(51)18-11-21-41(48)52-42-19-9-15-32(30-24-26-36-34-12-4-7-22-44(34)53-46(36)28-30)49(42)50-33(16-10-20-43(50)52)31-25-27-37-35-13-5-8-23-45(35)54-47(37)29-31/h3-29H,1-2H3. The lowest BCUT2D eigenvalue weighted by Crippen LogP contribution is -2.14. The molecule has 12 rings (SSSR count). The van der Waals surface area contributed by atoms with Crippen LogP contribution in [0.15, 0.2) is 173 Å². The lowest BCUT2D eigenvalue weighted by atomic mass is 9.82. The predicted octanol–water partition coefficient (Wildman–Crippen LogP) is 14.2. The zero-order valence-corrected chi connectivity index (χ0v) is 29.9. The minimum Gasteiger partial charge on any atom is -0.456 e. The quantitative estimate of drug-likeness (QED) is 0.185. The molecule has 3 aromatic heterocycles. The van der Waals surface area contributed by atoms with Crippen LogP contribution in [-0.2, 0) is 5.41 Å². The second-order valence-corrected chi connectivity index (χ2v) is 15.2. The van der Waals surface area contributed by atoms with E-state index in [1.165, 1.54) is 60.9 Å². The molecule has 0 aliphatic heterocycles. The molecular formula is C51H33NO2. The topological polar surface area (TPSA) is 31.2 Å². The van der Waals surface area contributed by atoms with Gasteiger partial charge in [-0.05, 0) is 93.5 Å². The first-order chi connectivity index (χ1) is 26.5. The van der Waals surface area contributed by atoms with Crippen LogP contribution >= 0.6 is 0 Å². The second-order valence-electron chi connectivity index (χ2n) is 15.2. The summed E-state index contributed by atoms with van der Waals surface area (Å²) in [5.74, 6) is 0. The van der Waals surface area contributed by atoms with Gasteiger partial charge >= 0.3 is 0 Å². The van der Waals surface area contributed by atoms with Gasteiger partial charge in [0, 0.05) is 43.3 Å². The van der Waals surface area contributed by atoms with E-state index in [-0.39, 0.29) is 5.41 Å². The number of para-hydroxylation sites is 2. The van der Waals surface area contributed by atoms with Crippen molar-refractivity contribution in [3.8, 4) is 39.1 Å². The molecule has 0 saturated carbocycles. The Kier molecular flexibility index (Phi) is 5.84. The molecule has 3 nitrogen and oxygen atoms in total. The molecule has 0 radical (unpaired) electrons. The molecule has 0 spiro atoms. The maximum atomic E-state index is 6.44. The molecule has 0 saturated heterocycles. The van der Waals surface area contributed by atoms with Crippen molar-refractivity contribution in [3.05, 3.63) is 175 Å². The van der Waals surface area contributed by atoms with Gasteiger partial charge in [0.2, 0.25) is 0 Å². The monoisotopic (exact) mass is 691 g/mol. The summed E-state index contributed by atoms with van der Waals surface area (Å²) in [6, 6.07) is 59.3. The Bertz CT molecular complexity index is 3200. The fraction of sp³-hybridized carbons (Fsp3) is 0.0588. The van der Waals surface area contributed by atoms with E-state index < -0.39 is 0 Å². The van der Waals surface area contributed by atoms with E-state index in [1.54, 1.807) is 0 Å². The number of rotatable bonds is 3. The van der Waals surface area contributed by atoms with Crippen LogP contribution in [-0.4, -0.2) is 4.57 Å². The third kappa shape index (κ3) is 3.91. The van der Waals surface area contributed by atoms with Crippen LogP contribution in [0.3, 0.4) is 0 Å². The van der Waals surface area contributed by atoms with Crippen molar-refractivity contribution in [2.75, 3.05) is 0 Å². The molecule has 8 aromatic carbocycles. The van der Waals surface area contributed by atoms with Crippen molar-refractivity contribution < 1.29 is 8.83 Å². The summed E-state index contributed by atoms with van der Waals surface area (Å²) in [6.45, 7) is 4.71. The third-order valence-electron chi connectivity index (χ3n) is 12.0. The van der Waals surface area contributed by atoms with E-state index >= 15 is 0 Å². The Morgan fingerprint density at radius 2 is 0.889 bits per heavy atom. The van der Waals surface area contributed by atoms with Gasteiger partial charge in [0.05, 0.1) is 16.7 Å². The largest absolute Gasteiger partial charge is 0.456 e. The lowest BCUT2D eigenvalue weighted by molar-refractivity contribution is 0.660. The van der Waals surface area contributed by atoms with Crippen LogP contribution in [0.5, 0.6) is 0 Å². The van der Waals surface area contributed by atoms with E-state index in [1.807, 2.05) is 24.3 Å². The highest BCUT2D eigenvalue weighted by atomic mass is 16.3. The normalized spacial score (nSPS) is 13.5. The van der Waals surface area contributed by atoms with Gasteiger partial charge in [-0.2, -0.15) is 0 Å². The highest BCUT2D eigenvalue weighted by Gasteiger charge is 2.37. The molecule has 3 heteroatoms. The SMILES string of the molecule is CC1(C)c2ccccc2-c2c(-n3c4cccc(-c5ccc6c(c5)oc5ccccc56)c4c4c(-c5ccc6c(c5)oc5ccccc56)cccc43)cccc21. The van der Waals surface area contributed by atoms with E-state index in [0.717, 1.165) is 55.0 Å². The van der Waals surface area contributed by atoms with E-state index in [4.69, 9.17) is 8.83 Å². The van der Waals surface area contributed by atoms with Crippen LogP contribution in [0.25, 0.3) is 105 Å². The van der Waals surface area contributed by atoms with E-state index in [0.29, 0.717) is 0 Å². The zero-order valence-electron chi connectivity index (χ0n) is 29.9. The van der Waals surface area contributed by atoms with Crippen molar-refractivity contribution in [2.45, 2.75) is 19.3 Å². The van der Waals surface area contributed by atoms with Gasteiger partial charge < -0.3 is 13.4 Å². The van der Waals surface area contributed by atoms with Gasteiger partial charge in [-0.25, -0.2) is 0 Å². The Morgan fingerprint density at radius 1 is 0.407 bits per heavy atom. The maximum Gasteiger partial charge on any atom is 0.136 e. The molecule has 1 aliphatic carbocycles. The molecule has 54 heavy (non-hydrogen) atoms. The Hall–Kier alpha value is -6.84. The molecule has 11 aromatic rings. The summed E-state index contributed by atoms with van der Waals surface area (Å²) < 4.78 is 15.4. The summed E-state index contributed by atoms with van der Waals surface area (Å²) in [4.78, 5) is 0. The molecule has 254 valence electrons. The van der Waals surface area contributed by atoms with Crippen LogP contribution in [0, 0.1) is 0 Å².